The number of anilines is 1. The molecule has 0 aliphatic carbocycles. The lowest BCUT2D eigenvalue weighted by Crippen LogP contribution is -2.20. The van der Waals surface area contributed by atoms with E-state index in [1.165, 1.54) is 12.1 Å². The van der Waals surface area contributed by atoms with Crippen LogP contribution >= 0.6 is 11.8 Å². The standard InChI is InChI=1S/C17H12F3NO5S/c18-17(19,20)27-12-4-1-10(2-5-12)16(23)24-8-15(22)21-11-3-6-13-14(7-11)26-9-25-13/h1-7H,8-9H2,(H,21,22). The van der Waals surface area contributed by atoms with Crippen LogP contribution in [0.2, 0.25) is 0 Å². The van der Waals surface area contributed by atoms with Gasteiger partial charge in [-0.05, 0) is 48.2 Å². The van der Waals surface area contributed by atoms with Gasteiger partial charge in [0, 0.05) is 16.6 Å². The number of carbonyl (C=O) groups is 2. The first-order valence-electron chi connectivity index (χ1n) is 7.52. The summed E-state index contributed by atoms with van der Waals surface area (Å²) in [6.07, 6.45) is 0. The molecule has 0 bridgehead atoms. The number of carbonyl (C=O) groups excluding carboxylic acids is 2. The van der Waals surface area contributed by atoms with Gasteiger partial charge < -0.3 is 19.5 Å². The number of alkyl halides is 3. The number of halogens is 3. The maximum Gasteiger partial charge on any atom is 0.446 e. The Morgan fingerprint density at radius 3 is 2.48 bits per heavy atom. The minimum atomic E-state index is -4.41. The summed E-state index contributed by atoms with van der Waals surface area (Å²) in [5.41, 5.74) is -3.93. The topological polar surface area (TPSA) is 73.9 Å². The van der Waals surface area contributed by atoms with Crippen molar-refractivity contribution in [1.82, 2.24) is 0 Å². The highest BCUT2D eigenvalue weighted by atomic mass is 32.2. The van der Waals surface area contributed by atoms with Gasteiger partial charge in [-0.15, -0.1) is 0 Å². The molecule has 10 heteroatoms. The Kier molecular flexibility index (Phi) is 5.45. The molecular formula is C17H12F3NO5S. The molecule has 0 unspecified atom stereocenters. The average Bonchev–Trinajstić information content (AvgIpc) is 3.06. The third-order valence-corrected chi connectivity index (χ3v) is 4.05. The molecule has 0 aromatic heterocycles. The minimum Gasteiger partial charge on any atom is -0.454 e. The zero-order chi connectivity index (χ0) is 19.4. The molecule has 2 aromatic carbocycles. The number of hydrogen-bond acceptors (Lipinski definition) is 6. The van der Waals surface area contributed by atoms with Crippen LogP contribution in [0.3, 0.4) is 0 Å². The predicted molar refractivity (Wildman–Crippen MR) is 89.8 cm³/mol. The van der Waals surface area contributed by atoms with Crippen molar-refractivity contribution in [1.29, 1.82) is 0 Å². The maximum absolute atomic E-state index is 12.3. The average molecular weight is 399 g/mol. The second-order valence-electron chi connectivity index (χ2n) is 5.26. The maximum atomic E-state index is 12.3. The van der Waals surface area contributed by atoms with E-state index in [0.29, 0.717) is 17.2 Å². The van der Waals surface area contributed by atoms with Gasteiger partial charge >= 0.3 is 11.5 Å². The van der Waals surface area contributed by atoms with E-state index in [2.05, 4.69) is 5.32 Å². The van der Waals surface area contributed by atoms with Crippen molar-refractivity contribution in [3.05, 3.63) is 48.0 Å². The second-order valence-corrected chi connectivity index (χ2v) is 6.40. The van der Waals surface area contributed by atoms with E-state index < -0.39 is 24.0 Å². The molecule has 1 amide bonds. The Hall–Kier alpha value is -2.88. The highest BCUT2D eigenvalue weighted by molar-refractivity contribution is 8.00. The van der Waals surface area contributed by atoms with Crippen LogP contribution < -0.4 is 14.8 Å². The molecule has 0 saturated heterocycles. The zero-order valence-electron chi connectivity index (χ0n) is 13.5. The molecule has 3 rings (SSSR count). The third kappa shape index (κ3) is 5.30. The van der Waals surface area contributed by atoms with E-state index in [-0.39, 0.29) is 29.0 Å². The summed E-state index contributed by atoms with van der Waals surface area (Å²) in [4.78, 5) is 23.7. The van der Waals surface area contributed by atoms with Crippen LogP contribution in [0.25, 0.3) is 0 Å². The van der Waals surface area contributed by atoms with Crippen LogP contribution in [-0.2, 0) is 9.53 Å². The van der Waals surface area contributed by atoms with Gasteiger partial charge in [-0.2, -0.15) is 13.2 Å². The van der Waals surface area contributed by atoms with Gasteiger partial charge in [0.1, 0.15) is 0 Å². The van der Waals surface area contributed by atoms with Crippen molar-refractivity contribution < 1.29 is 37.0 Å². The van der Waals surface area contributed by atoms with Crippen molar-refractivity contribution in [3.63, 3.8) is 0 Å². The fourth-order valence-electron chi connectivity index (χ4n) is 2.18. The van der Waals surface area contributed by atoms with Crippen molar-refractivity contribution in [2.75, 3.05) is 18.7 Å². The smallest absolute Gasteiger partial charge is 0.446 e. The Morgan fingerprint density at radius 2 is 1.78 bits per heavy atom. The molecular weight excluding hydrogens is 387 g/mol. The molecule has 1 aliphatic heterocycles. The summed E-state index contributed by atoms with van der Waals surface area (Å²) < 4.78 is 52.0. The molecule has 1 heterocycles. The van der Waals surface area contributed by atoms with Gasteiger partial charge in [0.25, 0.3) is 5.91 Å². The second kappa shape index (κ2) is 7.78. The number of esters is 1. The van der Waals surface area contributed by atoms with E-state index in [1.807, 2.05) is 0 Å². The molecule has 1 aliphatic rings. The first-order chi connectivity index (χ1) is 12.8. The van der Waals surface area contributed by atoms with Crippen LogP contribution in [-0.4, -0.2) is 30.8 Å². The fourth-order valence-corrected chi connectivity index (χ4v) is 2.72. The van der Waals surface area contributed by atoms with Crippen LogP contribution in [0.1, 0.15) is 10.4 Å². The summed E-state index contributed by atoms with van der Waals surface area (Å²) in [5.74, 6) is -0.348. The molecule has 0 atom stereocenters. The quantitative estimate of drug-likeness (QED) is 0.609. The SMILES string of the molecule is O=C(COC(=O)c1ccc(SC(F)(F)F)cc1)Nc1ccc2c(c1)OCO2. The molecule has 0 spiro atoms. The first kappa shape index (κ1) is 18.9. The van der Waals surface area contributed by atoms with Crippen LogP contribution in [0.5, 0.6) is 11.5 Å². The molecule has 0 radical (unpaired) electrons. The summed E-state index contributed by atoms with van der Waals surface area (Å²) in [5, 5.41) is 2.53. The Bertz CT molecular complexity index is 855. The molecule has 0 saturated carbocycles. The number of rotatable bonds is 5. The molecule has 142 valence electrons. The monoisotopic (exact) mass is 399 g/mol. The lowest BCUT2D eigenvalue weighted by molar-refractivity contribution is -0.119. The Morgan fingerprint density at radius 1 is 1.07 bits per heavy atom. The van der Waals surface area contributed by atoms with Crippen LogP contribution in [0.15, 0.2) is 47.4 Å². The molecule has 2 aromatic rings. The van der Waals surface area contributed by atoms with Crippen LogP contribution in [0, 0.1) is 0 Å². The van der Waals surface area contributed by atoms with Crippen molar-refractivity contribution in [3.8, 4) is 11.5 Å². The van der Waals surface area contributed by atoms with Gasteiger partial charge in [-0.3, -0.25) is 4.79 Å². The van der Waals surface area contributed by atoms with E-state index >= 15 is 0 Å². The summed E-state index contributed by atoms with van der Waals surface area (Å²) >= 11 is -0.286. The number of benzene rings is 2. The highest BCUT2D eigenvalue weighted by Gasteiger charge is 2.29. The number of hydrogen-bond donors (Lipinski definition) is 1. The van der Waals surface area contributed by atoms with Gasteiger partial charge in [0.15, 0.2) is 18.1 Å². The lowest BCUT2D eigenvalue weighted by atomic mass is 10.2. The van der Waals surface area contributed by atoms with E-state index in [4.69, 9.17) is 14.2 Å². The Labute approximate surface area is 155 Å². The lowest BCUT2D eigenvalue weighted by Gasteiger charge is -2.08. The molecule has 1 N–H and O–H groups in total. The summed E-state index contributed by atoms with van der Waals surface area (Å²) in [7, 11) is 0. The third-order valence-electron chi connectivity index (χ3n) is 3.31. The van der Waals surface area contributed by atoms with Crippen molar-refractivity contribution >= 4 is 29.3 Å². The normalized spacial score (nSPS) is 12.6. The highest BCUT2D eigenvalue weighted by Crippen LogP contribution is 2.37. The van der Waals surface area contributed by atoms with Crippen molar-refractivity contribution in [2.24, 2.45) is 0 Å². The van der Waals surface area contributed by atoms with E-state index in [1.54, 1.807) is 18.2 Å². The Balaban J connectivity index is 1.50. The van der Waals surface area contributed by atoms with Crippen molar-refractivity contribution in [2.45, 2.75) is 10.4 Å². The fraction of sp³-hybridized carbons (Fsp3) is 0.176. The summed E-state index contributed by atoms with van der Waals surface area (Å²) in [6, 6.07) is 9.51. The number of fused-ring (bicyclic) bond motifs is 1. The van der Waals surface area contributed by atoms with Gasteiger partial charge in [0.2, 0.25) is 6.79 Å². The van der Waals surface area contributed by atoms with Gasteiger partial charge in [-0.25, -0.2) is 4.79 Å². The largest absolute Gasteiger partial charge is 0.454 e. The number of nitrogens with one attached hydrogen (secondary N) is 1. The van der Waals surface area contributed by atoms with E-state index in [9.17, 15) is 22.8 Å². The van der Waals surface area contributed by atoms with Crippen LogP contribution in [0.4, 0.5) is 18.9 Å². The van der Waals surface area contributed by atoms with Gasteiger partial charge in [-0.1, -0.05) is 0 Å². The first-order valence-corrected chi connectivity index (χ1v) is 8.34. The molecule has 27 heavy (non-hydrogen) atoms. The summed E-state index contributed by atoms with van der Waals surface area (Å²) in [6.45, 7) is -0.447. The zero-order valence-corrected chi connectivity index (χ0v) is 14.4. The molecule has 0 fully saturated rings. The predicted octanol–water partition coefficient (Wildman–Crippen LogP) is 3.82. The van der Waals surface area contributed by atoms with E-state index in [0.717, 1.165) is 12.1 Å². The number of thioether (sulfide) groups is 1. The molecule has 6 nitrogen and oxygen atoms in total. The minimum absolute atomic E-state index is 0.0393. The van der Waals surface area contributed by atoms with Gasteiger partial charge in [0.05, 0.1) is 5.56 Å². The number of amides is 1. The number of ether oxygens (including phenoxy) is 3.